The van der Waals surface area contributed by atoms with Gasteiger partial charge in [0.2, 0.25) is 11.8 Å². The highest BCUT2D eigenvalue weighted by atomic mass is 32.2. The number of hydrogen-bond acceptors (Lipinski definition) is 7. The van der Waals surface area contributed by atoms with Crippen molar-refractivity contribution < 1.29 is 14.5 Å². The molecule has 0 aliphatic carbocycles. The number of amidine groups is 1. The van der Waals surface area contributed by atoms with Gasteiger partial charge in [-0.1, -0.05) is 11.8 Å². The summed E-state index contributed by atoms with van der Waals surface area (Å²) in [4.78, 5) is 33.6. The van der Waals surface area contributed by atoms with E-state index in [0.717, 1.165) is 11.8 Å². The van der Waals surface area contributed by atoms with Crippen LogP contribution in [0.5, 0.6) is 0 Å². The minimum Gasteiger partial charge on any atom is -0.356 e. The Hall–Kier alpha value is -2.75. The topological polar surface area (TPSA) is 126 Å². The Morgan fingerprint density at radius 2 is 2.08 bits per heavy atom. The van der Waals surface area contributed by atoms with E-state index in [-0.39, 0.29) is 23.9 Å². The molecule has 2 amide bonds. The minimum atomic E-state index is -0.528. The van der Waals surface area contributed by atoms with Crippen LogP contribution in [0.3, 0.4) is 0 Å². The highest BCUT2D eigenvalue weighted by Crippen LogP contribution is 2.22. The minimum absolute atomic E-state index is 0.00493. The Balaban J connectivity index is 2.02. The van der Waals surface area contributed by atoms with Gasteiger partial charge >= 0.3 is 0 Å². The van der Waals surface area contributed by atoms with Gasteiger partial charge in [-0.15, -0.1) is 5.10 Å². The Labute approximate surface area is 148 Å². The molecule has 2 N–H and O–H groups in total. The zero-order valence-corrected chi connectivity index (χ0v) is 14.5. The maximum atomic E-state index is 11.8. The Morgan fingerprint density at radius 1 is 1.40 bits per heavy atom. The third-order valence-corrected chi connectivity index (χ3v) is 4.38. The molecule has 0 radical (unpaired) electrons. The summed E-state index contributed by atoms with van der Waals surface area (Å²) >= 11 is 1.15. The molecule has 25 heavy (non-hydrogen) atoms. The normalized spacial score (nSPS) is 19.0. The predicted octanol–water partition coefficient (Wildman–Crippen LogP) is 1.43. The number of nitrogens with zero attached hydrogens (tertiary/aromatic N) is 3. The molecule has 1 aliphatic heterocycles. The van der Waals surface area contributed by atoms with Crippen LogP contribution in [-0.4, -0.2) is 39.4 Å². The highest BCUT2D eigenvalue weighted by molar-refractivity contribution is 8.15. The molecule has 0 saturated carbocycles. The first-order valence-electron chi connectivity index (χ1n) is 7.52. The summed E-state index contributed by atoms with van der Waals surface area (Å²) in [6, 6.07) is 5.93. The van der Waals surface area contributed by atoms with Crippen LogP contribution in [0.1, 0.15) is 25.8 Å². The molecule has 1 aliphatic rings. The van der Waals surface area contributed by atoms with E-state index in [1.54, 1.807) is 19.1 Å². The van der Waals surface area contributed by atoms with E-state index in [1.807, 2.05) is 6.92 Å². The fraction of sp³-hybridized carbons (Fsp3) is 0.333. The standard InChI is InChI=1S/C15H17N5O4S/c1-3-16-13(21)8-12-14(22)17-15(25-12)19-18-9(2)10-4-6-11(7-5-10)20(23)24/h4-7,12H,3,8H2,1-2H3,(H,16,21)(H,17,19,22)/b18-9-/t12-/m1/s1. The smallest absolute Gasteiger partial charge is 0.269 e. The highest BCUT2D eigenvalue weighted by Gasteiger charge is 2.32. The first-order valence-corrected chi connectivity index (χ1v) is 8.40. The number of nitrogens with one attached hydrogen (secondary N) is 2. The number of non-ortho nitro benzene ring substituents is 1. The molecule has 1 aromatic rings. The first-order chi connectivity index (χ1) is 11.9. The van der Waals surface area contributed by atoms with Crippen LogP contribution in [0.4, 0.5) is 5.69 Å². The number of thioether (sulfide) groups is 1. The van der Waals surface area contributed by atoms with Crippen molar-refractivity contribution in [1.29, 1.82) is 0 Å². The summed E-state index contributed by atoms with van der Waals surface area (Å²) in [5.74, 6) is -0.472. The molecular formula is C15H17N5O4S. The molecule has 2 rings (SSSR count). The lowest BCUT2D eigenvalue weighted by molar-refractivity contribution is -0.384. The second-order valence-electron chi connectivity index (χ2n) is 5.15. The zero-order valence-electron chi connectivity index (χ0n) is 13.7. The summed E-state index contributed by atoms with van der Waals surface area (Å²) < 4.78 is 0. The van der Waals surface area contributed by atoms with E-state index in [2.05, 4.69) is 20.8 Å². The number of carbonyl (C=O) groups is 2. The molecule has 132 valence electrons. The molecule has 1 fully saturated rings. The van der Waals surface area contributed by atoms with Gasteiger partial charge in [-0.25, -0.2) is 0 Å². The van der Waals surface area contributed by atoms with Crippen molar-refractivity contribution in [3.63, 3.8) is 0 Å². The van der Waals surface area contributed by atoms with E-state index >= 15 is 0 Å². The summed E-state index contributed by atoms with van der Waals surface area (Å²) in [5.41, 5.74) is 1.22. The van der Waals surface area contributed by atoms with Crippen molar-refractivity contribution in [1.82, 2.24) is 10.6 Å². The van der Waals surface area contributed by atoms with Gasteiger partial charge in [-0.05, 0) is 31.5 Å². The number of nitro groups is 1. The van der Waals surface area contributed by atoms with Gasteiger partial charge in [0.1, 0.15) is 5.25 Å². The van der Waals surface area contributed by atoms with Crippen molar-refractivity contribution >= 4 is 40.1 Å². The average Bonchev–Trinajstić information content (AvgIpc) is 2.92. The maximum absolute atomic E-state index is 11.8. The first kappa shape index (κ1) is 18.6. The van der Waals surface area contributed by atoms with E-state index in [0.29, 0.717) is 23.0 Å². The van der Waals surface area contributed by atoms with Crippen LogP contribution in [0.15, 0.2) is 34.5 Å². The summed E-state index contributed by atoms with van der Waals surface area (Å²) in [6.07, 6.45) is 0.0778. The number of hydrogen-bond donors (Lipinski definition) is 2. The molecule has 0 unspecified atom stereocenters. The van der Waals surface area contributed by atoms with Gasteiger partial charge in [-0.3, -0.25) is 19.7 Å². The number of rotatable bonds is 6. The third-order valence-electron chi connectivity index (χ3n) is 3.31. The molecule has 1 aromatic carbocycles. The number of nitro benzene ring substituents is 1. The molecule has 0 bridgehead atoms. The van der Waals surface area contributed by atoms with E-state index in [1.165, 1.54) is 12.1 Å². The quantitative estimate of drug-likeness (QED) is 0.449. The lowest BCUT2D eigenvalue weighted by Crippen LogP contribution is -2.31. The molecule has 10 heteroatoms. The zero-order chi connectivity index (χ0) is 18.4. The Kier molecular flexibility index (Phi) is 6.23. The van der Waals surface area contributed by atoms with E-state index < -0.39 is 10.2 Å². The fourth-order valence-corrected chi connectivity index (χ4v) is 2.94. The molecule has 1 atom stereocenters. The fourth-order valence-electron chi connectivity index (χ4n) is 2.03. The second-order valence-corrected chi connectivity index (χ2v) is 6.34. The van der Waals surface area contributed by atoms with Gasteiger partial charge in [-0.2, -0.15) is 5.10 Å². The number of amides is 2. The lowest BCUT2D eigenvalue weighted by atomic mass is 10.1. The maximum Gasteiger partial charge on any atom is 0.269 e. The molecule has 1 saturated heterocycles. The predicted molar refractivity (Wildman–Crippen MR) is 95.6 cm³/mol. The average molecular weight is 363 g/mol. The Morgan fingerprint density at radius 3 is 2.68 bits per heavy atom. The van der Waals surface area contributed by atoms with Gasteiger partial charge in [0.05, 0.1) is 10.6 Å². The van der Waals surface area contributed by atoms with Crippen LogP contribution in [0.25, 0.3) is 0 Å². The van der Waals surface area contributed by atoms with Crippen molar-refractivity contribution in [2.75, 3.05) is 6.54 Å². The molecule has 9 nitrogen and oxygen atoms in total. The number of carbonyl (C=O) groups excluding carboxylic acids is 2. The lowest BCUT2D eigenvalue weighted by Gasteiger charge is -2.04. The van der Waals surface area contributed by atoms with Crippen molar-refractivity contribution in [2.24, 2.45) is 10.2 Å². The monoisotopic (exact) mass is 363 g/mol. The second kappa shape index (κ2) is 8.38. The van der Waals surface area contributed by atoms with Crippen molar-refractivity contribution in [2.45, 2.75) is 25.5 Å². The third kappa shape index (κ3) is 5.11. The SMILES string of the molecule is CCNC(=O)C[C@H]1S/C(=N/N=C(/C)c2ccc([N+](=O)[O-])cc2)NC1=O. The molecule has 1 heterocycles. The van der Waals surface area contributed by atoms with E-state index in [4.69, 9.17) is 0 Å². The molecule has 0 spiro atoms. The van der Waals surface area contributed by atoms with Crippen molar-refractivity contribution in [3.05, 3.63) is 39.9 Å². The van der Waals surface area contributed by atoms with Gasteiger partial charge in [0, 0.05) is 25.1 Å². The van der Waals surface area contributed by atoms with Crippen LogP contribution < -0.4 is 10.6 Å². The number of benzene rings is 1. The van der Waals surface area contributed by atoms with Gasteiger partial charge in [0.25, 0.3) is 5.69 Å². The van der Waals surface area contributed by atoms with E-state index in [9.17, 15) is 19.7 Å². The largest absolute Gasteiger partial charge is 0.356 e. The summed E-state index contributed by atoms with van der Waals surface area (Å²) in [5, 5.41) is 23.7. The van der Waals surface area contributed by atoms with Crippen molar-refractivity contribution in [3.8, 4) is 0 Å². The van der Waals surface area contributed by atoms with Gasteiger partial charge in [0.15, 0.2) is 5.17 Å². The van der Waals surface area contributed by atoms with Crippen LogP contribution in [0, 0.1) is 10.1 Å². The van der Waals surface area contributed by atoms with Crippen LogP contribution in [-0.2, 0) is 9.59 Å². The summed E-state index contributed by atoms with van der Waals surface area (Å²) in [6.45, 7) is 4.03. The van der Waals surface area contributed by atoms with Gasteiger partial charge < -0.3 is 10.6 Å². The van der Waals surface area contributed by atoms with Crippen LogP contribution >= 0.6 is 11.8 Å². The summed E-state index contributed by atoms with van der Waals surface area (Å²) in [7, 11) is 0. The molecule has 0 aromatic heterocycles. The van der Waals surface area contributed by atoms with Crippen LogP contribution in [0.2, 0.25) is 0 Å². The molecular weight excluding hydrogens is 346 g/mol. The Bertz CT molecular complexity index is 745.